The van der Waals surface area contributed by atoms with Crippen LogP contribution in [0.25, 0.3) is 0 Å². The molecular formula is C23H26N4O3S. The normalized spacial score (nSPS) is 17.4. The van der Waals surface area contributed by atoms with Crippen LogP contribution >= 0.6 is 11.3 Å². The summed E-state index contributed by atoms with van der Waals surface area (Å²) in [6.45, 7) is 5.73. The van der Waals surface area contributed by atoms with Crippen LogP contribution in [0.4, 0.5) is 5.13 Å². The summed E-state index contributed by atoms with van der Waals surface area (Å²) in [5, 5.41) is 8.15. The zero-order valence-electron chi connectivity index (χ0n) is 17.6. The van der Waals surface area contributed by atoms with Crippen LogP contribution in [0.1, 0.15) is 46.8 Å². The molecule has 2 unspecified atom stereocenters. The highest BCUT2D eigenvalue weighted by Gasteiger charge is 2.27. The Bertz CT molecular complexity index is 1050. The average Bonchev–Trinajstić information content (AvgIpc) is 3.50. The van der Waals surface area contributed by atoms with E-state index in [9.17, 15) is 9.59 Å². The number of nitrogens with one attached hydrogen (secondary N) is 2. The Hall–Kier alpha value is -2.97. The van der Waals surface area contributed by atoms with Gasteiger partial charge in [-0.1, -0.05) is 30.3 Å². The summed E-state index contributed by atoms with van der Waals surface area (Å²) in [4.78, 5) is 31.5. The fourth-order valence-corrected chi connectivity index (χ4v) is 4.58. The topological polar surface area (TPSA) is 87.5 Å². The molecule has 2 amide bonds. The van der Waals surface area contributed by atoms with Crippen molar-refractivity contribution >= 4 is 28.3 Å². The largest absolute Gasteiger partial charge is 0.469 e. The molecule has 0 spiro atoms. The molecule has 162 valence electrons. The van der Waals surface area contributed by atoms with Crippen LogP contribution in [0.15, 0.2) is 52.5 Å². The summed E-state index contributed by atoms with van der Waals surface area (Å²) >= 11 is 1.31. The van der Waals surface area contributed by atoms with E-state index in [1.165, 1.54) is 23.2 Å². The molecule has 1 aliphatic heterocycles. The second-order valence-electron chi connectivity index (χ2n) is 7.80. The molecule has 1 fully saturated rings. The van der Waals surface area contributed by atoms with E-state index >= 15 is 0 Å². The Morgan fingerprint density at radius 2 is 2.10 bits per heavy atom. The number of amides is 2. The summed E-state index contributed by atoms with van der Waals surface area (Å²) in [7, 11) is 0. The first-order valence-electron chi connectivity index (χ1n) is 10.4. The molecule has 2 atom stereocenters. The summed E-state index contributed by atoms with van der Waals surface area (Å²) in [6, 6.07) is 12.5. The van der Waals surface area contributed by atoms with Gasteiger partial charge in [0.15, 0.2) is 5.13 Å². The Labute approximate surface area is 185 Å². The molecule has 31 heavy (non-hydrogen) atoms. The number of hydrogen-bond donors (Lipinski definition) is 2. The number of carbonyl (C=O) groups excluding carboxylic acids is 2. The monoisotopic (exact) mass is 438 g/mol. The molecule has 1 aromatic carbocycles. The minimum absolute atomic E-state index is 0.0481. The number of hydrogen-bond acceptors (Lipinski definition) is 6. The molecule has 3 aromatic rings. The highest BCUT2D eigenvalue weighted by Crippen LogP contribution is 2.24. The highest BCUT2D eigenvalue weighted by molar-refractivity contribution is 7.14. The molecule has 0 aliphatic carbocycles. The second-order valence-corrected chi connectivity index (χ2v) is 8.66. The van der Waals surface area contributed by atoms with Crippen molar-refractivity contribution in [1.82, 2.24) is 15.2 Å². The number of aryl methyl sites for hydroxylation is 1. The average molecular weight is 439 g/mol. The fourth-order valence-electron chi connectivity index (χ4n) is 3.87. The third-order valence-corrected chi connectivity index (χ3v) is 6.44. The highest BCUT2D eigenvalue weighted by atomic mass is 32.1. The lowest BCUT2D eigenvalue weighted by Gasteiger charge is -2.24. The lowest BCUT2D eigenvalue weighted by Crippen LogP contribution is -2.38. The van der Waals surface area contributed by atoms with Gasteiger partial charge in [-0.2, -0.15) is 0 Å². The Balaban J connectivity index is 1.26. The van der Waals surface area contributed by atoms with Gasteiger partial charge in [0.25, 0.3) is 5.91 Å². The molecule has 4 rings (SSSR count). The van der Waals surface area contributed by atoms with E-state index < -0.39 is 0 Å². The zero-order chi connectivity index (χ0) is 21.8. The van der Waals surface area contributed by atoms with Crippen LogP contribution in [0.5, 0.6) is 0 Å². The lowest BCUT2D eigenvalue weighted by atomic mass is 10.1. The van der Waals surface area contributed by atoms with E-state index in [0.717, 1.165) is 19.5 Å². The first kappa shape index (κ1) is 21.3. The SMILES string of the molecule is Cc1occc1C(=O)Nc1nc(CC(=O)NC2CCN(C(C)c3ccccc3)C2)cs1. The third-order valence-electron chi connectivity index (χ3n) is 5.63. The predicted molar refractivity (Wildman–Crippen MR) is 120 cm³/mol. The minimum Gasteiger partial charge on any atom is -0.469 e. The number of benzene rings is 1. The molecule has 0 bridgehead atoms. The van der Waals surface area contributed by atoms with E-state index in [4.69, 9.17) is 4.42 Å². The predicted octanol–water partition coefficient (Wildman–Crippen LogP) is 3.79. The van der Waals surface area contributed by atoms with E-state index in [-0.39, 0.29) is 24.3 Å². The molecule has 3 heterocycles. The number of furan rings is 1. The van der Waals surface area contributed by atoms with Crippen molar-refractivity contribution in [2.24, 2.45) is 0 Å². The van der Waals surface area contributed by atoms with Gasteiger partial charge in [-0.05, 0) is 31.9 Å². The van der Waals surface area contributed by atoms with Gasteiger partial charge in [0.1, 0.15) is 5.76 Å². The summed E-state index contributed by atoms with van der Waals surface area (Å²) in [5.74, 6) is 0.240. The molecule has 7 nitrogen and oxygen atoms in total. The first-order chi connectivity index (χ1) is 15.0. The molecule has 2 aromatic heterocycles. The lowest BCUT2D eigenvalue weighted by molar-refractivity contribution is -0.121. The molecule has 8 heteroatoms. The van der Waals surface area contributed by atoms with Crippen LogP contribution in [0.2, 0.25) is 0 Å². The van der Waals surface area contributed by atoms with Crippen molar-refractivity contribution in [2.75, 3.05) is 18.4 Å². The number of likely N-dealkylation sites (tertiary alicyclic amines) is 1. The molecular weight excluding hydrogens is 412 g/mol. The molecule has 1 saturated heterocycles. The second kappa shape index (κ2) is 9.45. The first-order valence-corrected chi connectivity index (χ1v) is 11.3. The van der Waals surface area contributed by atoms with Crippen LogP contribution in [-0.4, -0.2) is 40.8 Å². The number of carbonyl (C=O) groups is 2. The van der Waals surface area contributed by atoms with E-state index in [0.29, 0.717) is 28.2 Å². The van der Waals surface area contributed by atoms with Gasteiger partial charge in [0.05, 0.1) is 23.9 Å². The van der Waals surface area contributed by atoms with Gasteiger partial charge in [-0.15, -0.1) is 11.3 Å². The van der Waals surface area contributed by atoms with Crippen molar-refractivity contribution in [3.8, 4) is 0 Å². The quantitative estimate of drug-likeness (QED) is 0.586. The Morgan fingerprint density at radius 3 is 2.84 bits per heavy atom. The molecule has 2 N–H and O–H groups in total. The van der Waals surface area contributed by atoms with Crippen molar-refractivity contribution in [1.29, 1.82) is 0 Å². The smallest absolute Gasteiger partial charge is 0.260 e. The van der Waals surface area contributed by atoms with Gasteiger partial charge in [-0.3, -0.25) is 19.8 Å². The van der Waals surface area contributed by atoms with E-state index in [2.05, 4.69) is 51.7 Å². The number of aromatic nitrogens is 1. The number of anilines is 1. The van der Waals surface area contributed by atoms with Crippen LogP contribution in [0, 0.1) is 6.92 Å². The number of nitrogens with zero attached hydrogens (tertiary/aromatic N) is 2. The van der Waals surface area contributed by atoms with Gasteiger partial charge in [0, 0.05) is 30.6 Å². The zero-order valence-corrected chi connectivity index (χ0v) is 18.4. The minimum atomic E-state index is -0.268. The Morgan fingerprint density at radius 1 is 1.29 bits per heavy atom. The van der Waals surface area contributed by atoms with Gasteiger partial charge < -0.3 is 9.73 Å². The van der Waals surface area contributed by atoms with Crippen LogP contribution in [-0.2, 0) is 11.2 Å². The van der Waals surface area contributed by atoms with Gasteiger partial charge in [-0.25, -0.2) is 4.98 Å². The van der Waals surface area contributed by atoms with Crippen molar-refractivity contribution in [3.63, 3.8) is 0 Å². The van der Waals surface area contributed by atoms with Crippen LogP contribution < -0.4 is 10.6 Å². The number of thiazole rings is 1. The third kappa shape index (κ3) is 5.21. The van der Waals surface area contributed by atoms with Gasteiger partial charge in [0.2, 0.25) is 5.91 Å². The number of rotatable bonds is 7. The summed E-state index contributed by atoms with van der Waals surface area (Å²) < 4.78 is 5.16. The van der Waals surface area contributed by atoms with Crippen molar-refractivity contribution in [3.05, 3.63) is 70.6 Å². The summed E-state index contributed by atoms with van der Waals surface area (Å²) in [6.07, 6.45) is 2.61. The molecule has 0 radical (unpaired) electrons. The van der Waals surface area contributed by atoms with Crippen molar-refractivity contribution in [2.45, 2.75) is 38.8 Å². The molecule has 1 aliphatic rings. The summed E-state index contributed by atoms with van der Waals surface area (Å²) in [5.41, 5.74) is 2.41. The molecule has 0 saturated carbocycles. The van der Waals surface area contributed by atoms with Crippen molar-refractivity contribution < 1.29 is 14.0 Å². The van der Waals surface area contributed by atoms with Crippen LogP contribution in [0.3, 0.4) is 0 Å². The fraction of sp³-hybridized carbons (Fsp3) is 0.348. The maximum absolute atomic E-state index is 12.5. The maximum Gasteiger partial charge on any atom is 0.260 e. The van der Waals surface area contributed by atoms with E-state index in [1.807, 2.05) is 6.07 Å². The maximum atomic E-state index is 12.5. The van der Waals surface area contributed by atoms with Gasteiger partial charge >= 0.3 is 0 Å². The van der Waals surface area contributed by atoms with E-state index in [1.54, 1.807) is 18.4 Å². The standard InChI is InChI=1S/C23H26N4O3S/c1-15(17-6-4-3-5-7-17)27-10-8-18(13-27)24-21(28)12-19-14-31-23(25-19)26-22(29)20-9-11-30-16(20)2/h3-7,9,11,14-15,18H,8,10,12-13H2,1-2H3,(H,24,28)(H,25,26,29). The Kier molecular flexibility index (Phi) is 6.48.